The number of fused-ring (bicyclic) bond motifs is 1. The number of nitrogens with zero attached hydrogens (tertiary/aromatic N) is 6. The summed E-state index contributed by atoms with van der Waals surface area (Å²) in [6.45, 7) is 4.64. The fourth-order valence-electron chi connectivity index (χ4n) is 5.46. The number of carbonyl (C=O) groups is 1. The van der Waals surface area contributed by atoms with Crippen LogP contribution in [0.25, 0.3) is 22.4 Å². The van der Waals surface area contributed by atoms with Gasteiger partial charge in [-0.25, -0.2) is 4.98 Å². The predicted octanol–water partition coefficient (Wildman–Crippen LogP) is 4.82. The Balaban J connectivity index is 1.34. The molecule has 0 radical (unpaired) electrons. The van der Waals surface area contributed by atoms with E-state index in [-0.39, 0.29) is 5.91 Å². The average molecular weight is 453 g/mol. The van der Waals surface area contributed by atoms with Gasteiger partial charge < -0.3 is 4.90 Å². The lowest BCUT2D eigenvalue weighted by molar-refractivity contribution is 0.0770. The first-order chi connectivity index (χ1) is 16.5. The van der Waals surface area contributed by atoms with Crippen molar-refractivity contribution >= 4 is 5.91 Å². The summed E-state index contributed by atoms with van der Waals surface area (Å²) in [6, 6.07) is 7.70. The van der Waals surface area contributed by atoms with E-state index in [4.69, 9.17) is 0 Å². The zero-order chi connectivity index (χ0) is 23.3. The van der Waals surface area contributed by atoms with Crippen molar-refractivity contribution in [1.82, 2.24) is 24.6 Å². The molecule has 2 saturated carbocycles. The van der Waals surface area contributed by atoms with Gasteiger partial charge in [0, 0.05) is 42.2 Å². The van der Waals surface area contributed by atoms with E-state index in [0.29, 0.717) is 34.8 Å². The lowest BCUT2D eigenvalue weighted by Gasteiger charge is -2.22. The van der Waals surface area contributed by atoms with Crippen LogP contribution in [0, 0.1) is 22.7 Å². The second-order valence-corrected chi connectivity index (χ2v) is 10.5. The van der Waals surface area contributed by atoms with Crippen molar-refractivity contribution in [3.8, 4) is 28.5 Å². The van der Waals surface area contributed by atoms with Gasteiger partial charge in [-0.05, 0) is 55.2 Å². The Bertz CT molecular complexity index is 1310. The van der Waals surface area contributed by atoms with Gasteiger partial charge in [-0.1, -0.05) is 19.8 Å². The lowest BCUT2D eigenvalue weighted by atomic mass is 9.89. The Labute approximate surface area is 199 Å². The van der Waals surface area contributed by atoms with Crippen LogP contribution in [-0.2, 0) is 13.1 Å². The fourth-order valence-corrected chi connectivity index (χ4v) is 5.46. The van der Waals surface area contributed by atoms with Gasteiger partial charge in [0.25, 0.3) is 5.91 Å². The number of amides is 1. The molecule has 3 aromatic rings. The van der Waals surface area contributed by atoms with Gasteiger partial charge >= 0.3 is 0 Å². The predicted molar refractivity (Wildman–Crippen MR) is 127 cm³/mol. The summed E-state index contributed by atoms with van der Waals surface area (Å²) in [7, 11) is 0. The van der Waals surface area contributed by atoms with E-state index in [9.17, 15) is 10.1 Å². The van der Waals surface area contributed by atoms with E-state index in [2.05, 4.69) is 34.3 Å². The smallest absolute Gasteiger partial charge is 0.256 e. The van der Waals surface area contributed by atoms with Crippen LogP contribution in [0.1, 0.15) is 67.2 Å². The largest absolute Gasteiger partial charge is 0.332 e. The molecule has 1 aliphatic heterocycles. The monoisotopic (exact) mass is 452 g/mol. The molecule has 2 aliphatic carbocycles. The first-order valence-corrected chi connectivity index (χ1v) is 12.2. The van der Waals surface area contributed by atoms with Crippen LogP contribution >= 0.6 is 0 Å². The van der Waals surface area contributed by atoms with Crippen molar-refractivity contribution in [3.63, 3.8) is 0 Å². The second kappa shape index (κ2) is 8.05. The van der Waals surface area contributed by atoms with Gasteiger partial charge in [0.2, 0.25) is 0 Å². The van der Waals surface area contributed by atoms with Gasteiger partial charge in [0.05, 0.1) is 29.7 Å². The van der Waals surface area contributed by atoms with Gasteiger partial charge in [0.1, 0.15) is 11.8 Å². The minimum Gasteiger partial charge on any atom is -0.332 e. The molecule has 1 amide bonds. The molecule has 7 nitrogen and oxygen atoms in total. The highest BCUT2D eigenvalue weighted by Gasteiger charge is 2.34. The Hall–Kier alpha value is -3.53. The van der Waals surface area contributed by atoms with Gasteiger partial charge in [-0.15, -0.1) is 0 Å². The number of hydrogen-bond donors (Lipinski definition) is 0. The zero-order valence-electron chi connectivity index (χ0n) is 19.5. The average Bonchev–Trinajstić information content (AvgIpc) is 3.22. The number of aromatic nitrogens is 4. The summed E-state index contributed by atoms with van der Waals surface area (Å²) in [6.07, 6.45) is 13.2. The van der Waals surface area contributed by atoms with E-state index in [1.54, 1.807) is 12.3 Å². The lowest BCUT2D eigenvalue weighted by Crippen LogP contribution is -2.26. The van der Waals surface area contributed by atoms with Crippen LogP contribution < -0.4 is 0 Å². The summed E-state index contributed by atoms with van der Waals surface area (Å²) in [4.78, 5) is 24.2. The second-order valence-electron chi connectivity index (χ2n) is 10.5. The molecular weight excluding hydrogens is 424 g/mol. The normalized spacial score (nSPS) is 18.8. The summed E-state index contributed by atoms with van der Waals surface area (Å²) >= 11 is 0. The SMILES string of the molecule is CC1(Cn2cc(-c3ccc(C#N)nc3-c3cnc4c(c3)C(=O)N(CC3CC3)C4)cn2)CCCC1. The molecule has 3 aromatic heterocycles. The molecule has 7 heteroatoms. The van der Waals surface area contributed by atoms with Crippen molar-refractivity contribution < 1.29 is 4.79 Å². The maximum atomic E-state index is 13.0. The molecule has 0 unspecified atom stereocenters. The van der Waals surface area contributed by atoms with Crippen molar-refractivity contribution in [1.29, 1.82) is 5.26 Å². The summed E-state index contributed by atoms with van der Waals surface area (Å²) in [5.41, 5.74) is 5.37. The van der Waals surface area contributed by atoms with Gasteiger partial charge in [-0.3, -0.25) is 14.5 Å². The molecule has 6 rings (SSSR count). The molecule has 34 heavy (non-hydrogen) atoms. The van der Waals surface area contributed by atoms with E-state index >= 15 is 0 Å². The van der Waals surface area contributed by atoms with E-state index in [0.717, 1.165) is 35.5 Å². The van der Waals surface area contributed by atoms with Crippen molar-refractivity contribution in [2.24, 2.45) is 11.3 Å². The van der Waals surface area contributed by atoms with Gasteiger partial charge in [0.15, 0.2) is 0 Å². The van der Waals surface area contributed by atoms with Crippen molar-refractivity contribution in [2.45, 2.75) is 58.5 Å². The highest BCUT2D eigenvalue weighted by molar-refractivity contribution is 5.99. The Morgan fingerprint density at radius 2 is 1.97 bits per heavy atom. The minimum atomic E-state index is 0.0480. The van der Waals surface area contributed by atoms with E-state index in [1.165, 1.54) is 38.5 Å². The Morgan fingerprint density at radius 3 is 2.74 bits per heavy atom. The quantitative estimate of drug-likeness (QED) is 0.535. The number of nitriles is 1. The summed E-state index contributed by atoms with van der Waals surface area (Å²) in [5, 5.41) is 14.1. The number of rotatable bonds is 6. The van der Waals surface area contributed by atoms with Crippen LogP contribution in [-0.4, -0.2) is 37.1 Å². The molecule has 0 saturated heterocycles. The topological polar surface area (TPSA) is 87.7 Å². The fraction of sp³-hybridized carbons (Fsp3) is 0.444. The molecule has 0 aromatic carbocycles. The van der Waals surface area contributed by atoms with Crippen LogP contribution in [0.3, 0.4) is 0 Å². The highest BCUT2D eigenvalue weighted by Crippen LogP contribution is 2.39. The molecule has 0 N–H and O–H groups in total. The molecule has 0 spiro atoms. The Kier molecular flexibility index (Phi) is 4.98. The summed E-state index contributed by atoms with van der Waals surface area (Å²) in [5.74, 6) is 0.688. The molecule has 2 fully saturated rings. The molecule has 0 bridgehead atoms. The molecule has 172 valence electrons. The first kappa shape index (κ1) is 21.0. The van der Waals surface area contributed by atoms with Crippen molar-refractivity contribution in [3.05, 3.63) is 53.7 Å². The zero-order valence-corrected chi connectivity index (χ0v) is 19.5. The molecule has 3 aliphatic rings. The van der Waals surface area contributed by atoms with Crippen LogP contribution in [0.15, 0.2) is 36.8 Å². The molecule has 0 atom stereocenters. The first-order valence-electron chi connectivity index (χ1n) is 12.2. The molecule has 4 heterocycles. The Morgan fingerprint density at radius 1 is 1.15 bits per heavy atom. The van der Waals surface area contributed by atoms with E-state index < -0.39 is 0 Å². The van der Waals surface area contributed by atoms with Crippen molar-refractivity contribution in [2.75, 3.05) is 6.54 Å². The van der Waals surface area contributed by atoms with Crippen LogP contribution in [0.5, 0.6) is 0 Å². The van der Waals surface area contributed by atoms with Crippen LogP contribution in [0.4, 0.5) is 0 Å². The third-order valence-electron chi connectivity index (χ3n) is 7.59. The minimum absolute atomic E-state index is 0.0480. The van der Waals surface area contributed by atoms with Gasteiger partial charge in [-0.2, -0.15) is 10.4 Å². The standard InChI is InChI=1S/C27H28N6O/c1-27(8-2-3-9-27)17-33-15-20(13-30-33)22-7-6-21(11-28)31-25(22)19-10-23-24(29-12-19)16-32(26(23)34)14-18-4-5-18/h6-7,10,12-13,15,18H,2-5,8-9,14,16-17H2,1H3. The third-order valence-corrected chi connectivity index (χ3v) is 7.59. The number of carbonyl (C=O) groups excluding carboxylic acids is 1. The molecular formula is C27H28N6O. The highest BCUT2D eigenvalue weighted by atomic mass is 16.2. The summed E-state index contributed by atoms with van der Waals surface area (Å²) < 4.78 is 2.03. The number of pyridine rings is 2. The van der Waals surface area contributed by atoms with Crippen LogP contribution in [0.2, 0.25) is 0 Å². The third kappa shape index (κ3) is 3.87. The van der Waals surface area contributed by atoms with E-state index in [1.807, 2.05) is 27.9 Å². The number of hydrogen-bond acceptors (Lipinski definition) is 5. The maximum absolute atomic E-state index is 13.0. The maximum Gasteiger partial charge on any atom is 0.256 e.